The van der Waals surface area contributed by atoms with Crippen molar-refractivity contribution >= 4 is 42.9 Å². The molecule has 0 fully saturated rings. The Kier molecular flexibility index (Phi) is 6.62. The maximum absolute atomic E-state index is 12.3. The summed E-state index contributed by atoms with van der Waals surface area (Å²) in [6.07, 6.45) is 2.96. The van der Waals surface area contributed by atoms with Crippen molar-refractivity contribution in [2.45, 2.75) is 30.6 Å². The Morgan fingerprint density at radius 2 is 1.75 bits per heavy atom. The highest BCUT2D eigenvalue weighted by molar-refractivity contribution is 7.99. The van der Waals surface area contributed by atoms with Gasteiger partial charge in [0.25, 0.3) is 0 Å². The third-order valence-electron chi connectivity index (χ3n) is 3.89. The SMILES string of the molecule is CCOP(=O)(OC=Cc1ccc2c(c1)N(C(C)=O)c1ccccc1S2)OCC. The van der Waals surface area contributed by atoms with E-state index in [1.54, 1.807) is 43.5 Å². The van der Waals surface area contributed by atoms with Gasteiger partial charge in [0.1, 0.15) is 0 Å². The molecule has 148 valence electrons. The lowest BCUT2D eigenvalue weighted by Gasteiger charge is -2.30. The van der Waals surface area contributed by atoms with Crippen molar-refractivity contribution in [3.8, 4) is 0 Å². The molecule has 2 aromatic rings. The number of amides is 1. The van der Waals surface area contributed by atoms with Gasteiger partial charge in [-0.2, -0.15) is 0 Å². The normalized spacial score (nSPS) is 13.3. The molecule has 8 heteroatoms. The largest absolute Gasteiger partial charge is 0.529 e. The molecule has 0 radical (unpaired) electrons. The van der Waals surface area contributed by atoms with Gasteiger partial charge in [-0.25, -0.2) is 4.57 Å². The molecular weight excluding hydrogens is 397 g/mol. The molecule has 0 unspecified atom stereocenters. The molecule has 0 atom stereocenters. The monoisotopic (exact) mass is 419 g/mol. The van der Waals surface area contributed by atoms with Crippen molar-refractivity contribution in [2.75, 3.05) is 18.1 Å². The summed E-state index contributed by atoms with van der Waals surface area (Å²) in [5.74, 6) is -0.0661. The fourth-order valence-electron chi connectivity index (χ4n) is 2.81. The fraction of sp³-hybridized carbons (Fsp3) is 0.250. The van der Waals surface area contributed by atoms with Crippen molar-refractivity contribution < 1.29 is 22.9 Å². The number of rotatable bonds is 7. The Morgan fingerprint density at radius 1 is 1.07 bits per heavy atom. The molecule has 28 heavy (non-hydrogen) atoms. The number of hydrogen-bond donors (Lipinski definition) is 0. The lowest BCUT2D eigenvalue weighted by atomic mass is 10.1. The Morgan fingerprint density at radius 3 is 2.43 bits per heavy atom. The first-order valence-electron chi connectivity index (χ1n) is 8.93. The van der Waals surface area contributed by atoms with Gasteiger partial charge in [-0.1, -0.05) is 30.0 Å². The van der Waals surface area contributed by atoms with Gasteiger partial charge in [0.2, 0.25) is 5.91 Å². The Bertz CT molecular complexity index is 936. The second-order valence-electron chi connectivity index (χ2n) is 5.84. The van der Waals surface area contributed by atoms with Crippen molar-refractivity contribution in [1.82, 2.24) is 0 Å². The van der Waals surface area contributed by atoms with E-state index in [1.165, 1.54) is 6.26 Å². The van der Waals surface area contributed by atoms with E-state index in [1.807, 2.05) is 42.5 Å². The maximum atomic E-state index is 12.3. The summed E-state index contributed by atoms with van der Waals surface area (Å²) in [4.78, 5) is 16.0. The van der Waals surface area contributed by atoms with Crippen LogP contribution in [0.15, 0.2) is 58.5 Å². The van der Waals surface area contributed by atoms with Crippen LogP contribution in [0.2, 0.25) is 0 Å². The minimum atomic E-state index is -3.61. The summed E-state index contributed by atoms with van der Waals surface area (Å²) in [5.41, 5.74) is 2.46. The first-order valence-corrected chi connectivity index (χ1v) is 11.2. The molecule has 1 aliphatic rings. The van der Waals surface area contributed by atoms with E-state index in [0.29, 0.717) is 0 Å². The molecule has 0 spiro atoms. The molecule has 0 N–H and O–H groups in total. The molecular formula is C20H22NO5PS. The molecule has 0 bridgehead atoms. The van der Waals surface area contributed by atoms with Gasteiger partial charge in [-0.15, -0.1) is 0 Å². The van der Waals surface area contributed by atoms with Crippen LogP contribution in [0.1, 0.15) is 26.3 Å². The van der Waals surface area contributed by atoms with Crippen LogP contribution in [0.4, 0.5) is 11.4 Å². The number of carbonyl (C=O) groups excluding carboxylic acids is 1. The van der Waals surface area contributed by atoms with E-state index in [0.717, 1.165) is 26.7 Å². The second-order valence-corrected chi connectivity index (χ2v) is 8.55. The van der Waals surface area contributed by atoms with E-state index < -0.39 is 7.82 Å². The van der Waals surface area contributed by atoms with Gasteiger partial charge in [0, 0.05) is 16.7 Å². The van der Waals surface area contributed by atoms with Gasteiger partial charge >= 0.3 is 7.82 Å². The molecule has 0 saturated heterocycles. The number of benzene rings is 2. The maximum Gasteiger partial charge on any atom is 0.529 e. The zero-order chi connectivity index (χ0) is 20.1. The molecule has 1 heterocycles. The Hall–Kier alpha value is -2.05. The third kappa shape index (κ3) is 4.50. The van der Waals surface area contributed by atoms with E-state index in [4.69, 9.17) is 13.6 Å². The van der Waals surface area contributed by atoms with E-state index in [9.17, 15) is 9.36 Å². The topological polar surface area (TPSA) is 65.1 Å². The van der Waals surface area contributed by atoms with Crippen LogP contribution in [0.5, 0.6) is 0 Å². The van der Waals surface area contributed by atoms with Crippen molar-refractivity contribution in [1.29, 1.82) is 0 Å². The molecule has 0 aromatic heterocycles. The van der Waals surface area contributed by atoms with Crippen LogP contribution in [0.25, 0.3) is 6.08 Å². The van der Waals surface area contributed by atoms with Crippen LogP contribution in [-0.2, 0) is 22.9 Å². The first kappa shape index (κ1) is 20.7. The highest BCUT2D eigenvalue weighted by Crippen LogP contribution is 2.50. The highest BCUT2D eigenvalue weighted by atomic mass is 32.2. The zero-order valence-corrected chi connectivity index (χ0v) is 17.7. The molecule has 2 aromatic carbocycles. The molecule has 0 aliphatic carbocycles. The van der Waals surface area contributed by atoms with Crippen LogP contribution < -0.4 is 4.90 Å². The van der Waals surface area contributed by atoms with Crippen LogP contribution in [0, 0.1) is 0 Å². The highest BCUT2D eigenvalue weighted by Gasteiger charge is 2.27. The average molecular weight is 419 g/mol. The number of hydrogen-bond acceptors (Lipinski definition) is 6. The van der Waals surface area contributed by atoms with Gasteiger partial charge in [-0.3, -0.25) is 18.7 Å². The molecule has 1 aliphatic heterocycles. The summed E-state index contributed by atoms with van der Waals surface area (Å²) >= 11 is 1.62. The molecule has 6 nitrogen and oxygen atoms in total. The standard InChI is InChI=1S/C20H22NO5PS/c1-4-24-27(23,25-5-2)26-13-12-16-10-11-20-18(14-16)21(15(3)22)17-8-6-7-9-19(17)28-20/h6-14H,4-5H2,1-3H3. The summed E-state index contributed by atoms with van der Waals surface area (Å²) in [6.45, 7) is 5.41. The van der Waals surface area contributed by atoms with E-state index >= 15 is 0 Å². The summed E-state index contributed by atoms with van der Waals surface area (Å²) in [7, 11) is -3.61. The number of phosphoric ester groups is 1. The number of phosphoric acid groups is 1. The van der Waals surface area contributed by atoms with E-state index in [2.05, 4.69) is 0 Å². The number of para-hydroxylation sites is 1. The van der Waals surface area contributed by atoms with Gasteiger partial charge in [-0.05, 0) is 49.8 Å². The molecule has 0 saturated carbocycles. The summed E-state index contributed by atoms with van der Waals surface area (Å²) < 4.78 is 27.8. The zero-order valence-electron chi connectivity index (χ0n) is 16.0. The van der Waals surface area contributed by atoms with Gasteiger partial charge < -0.3 is 4.52 Å². The Labute approximate surface area is 169 Å². The predicted octanol–water partition coefficient (Wildman–Crippen LogP) is 6.00. The van der Waals surface area contributed by atoms with Crippen LogP contribution >= 0.6 is 19.6 Å². The fourth-order valence-corrected chi connectivity index (χ4v) is 4.89. The minimum Gasteiger partial charge on any atom is -0.412 e. The number of carbonyl (C=O) groups is 1. The van der Waals surface area contributed by atoms with Crippen molar-refractivity contribution in [2.24, 2.45) is 0 Å². The van der Waals surface area contributed by atoms with E-state index in [-0.39, 0.29) is 19.1 Å². The number of anilines is 2. The first-order chi connectivity index (χ1) is 13.5. The Balaban J connectivity index is 1.87. The molecule has 3 rings (SSSR count). The van der Waals surface area contributed by atoms with Gasteiger partial charge in [0.05, 0.1) is 30.9 Å². The van der Waals surface area contributed by atoms with Crippen LogP contribution in [-0.4, -0.2) is 19.1 Å². The van der Waals surface area contributed by atoms with Crippen LogP contribution in [0.3, 0.4) is 0 Å². The third-order valence-corrected chi connectivity index (χ3v) is 6.55. The average Bonchev–Trinajstić information content (AvgIpc) is 2.66. The van der Waals surface area contributed by atoms with Gasteiger partial charge in [0.15, 0.2) is 0 Å². The number of fused-ring (bicyclic) bond motifs is 2. The minimum absolute atomic E-state index is 0.0661. The quantitative estimate of drug-likeness (QED) is 0.405. The smallest absolute Gasteiger partial charge is 0.412 e. The summed E-state index contributed by atoms with van der Waals surface area (Å²) in [6, 6.07) is 13.6. The molecule has 1 amide bonds. The predicted molar refractivity (Wildman–Crippen MR) is 111 cm³/mol. The lowest BCUT2D eigenvalue weighted by molar-refractivity contribution is -0.115. The second kappa shape index (κ2) is 8.97. The van der Waals surface area contributed by atoms with Crippen molar-refractivity contribution in [3.63, 3.8) is 0 Å². The number of nitrogens with zero attached hydrogens (tertiary/aromatic N) is 1. The summed E-state index contributed by atoms with van der Waals surface area (Å²) in [5, 5.41) is 0. The van der Waals surface area contributed by atoms with Crippen molar-refractivity contribution in [3.05, 3.63) is 54.3 Å². The lowest BCUT2D eigenvalue weighted by Crippen LogP contribution is -2.25.